The molecule has 2 unspecified atom stereocenters. The highest BCUT2D eigenvalue weighted by Gasteiger charge is 2.22. The number of aromatic nitrogens is 2. The molecule has 2 amide bonds. The van der Waals surface area contributed by atoms with E-state index in [0.29, 0.717) is 28.6 Å². The molecule has 0 spiro atoms. The summed E-state index contributed by atoms with van der Waals surface area (Å²) in [5.74, 6) is 0.877. The fourth-order valence-corrected chi connectivity index (χ4v) is 3.58. The van der Waals surface area contributed by atoms with Gasteiger partial charge in [0.2, 0.25) is 0 Å². The van der Waals surface area contributed by atoms with E-state index in [1.807, 2.05) is 0 Å². The predicted molar refractivity (Wildman–Crippen MR) is 131 cm³/mol. The minimum atomic E-state index is -0.726. The number of hydrogen-bond donors (Lipinski definition) is 2. The van der Waals surface area contributed by atoms with E-state index in [0.717, 1.165) is 19.5 Å². The second kappa shape index (κ2) is 10.4. The molecule has 0 aliphatic carbocycles. The molecule has 1 saturated heterocycles. The first-order valence-electron chi connectivity index (χ1n) is 11.3. The minimum absolute atomic E-state index is 0.0688. The summed E-state index contributed by atoms with van der Waals surface area (Å²) in [5.41, 5.74) is 0.752. The number of carbonyl (C=O) groups excluding carboxylic acids is 2. The Hall–Kier alpha value is -3.56. The van der Waals surface area contributed by atoms with E-state index in [1.54, 1.807) is 79.1 Å². The van der Waals surface area contributed by atoms with Crippen LogP contribution in [0, 0.1) is 0 Å². The van der Waals surface area contributed by atoms with Crippen LogP contribution in [0.1, 0.15) is 41.0 Å². The van der Waals surface area contributed by atoms with Crippen LogP contribution in [-0.2, 0) is 7.05 Å². The summed E-state index contributed by atoms with van der Waals surface area (Å²) in [6, 6.07) is 11.2. The normalized spacial score (nSPS) is 14.6. The number of aliphatic hydroxyl groups is 1. The molecule has 10 heteroatoms. The molecule has 2 N–H and O–H groups in total. The van der Waals surface area contributed by atoms with Crippen LogP contribution in [0.4, 0.5) is 5.82 Å². The molecule has 0 bridgehead atoms. The molecule has 1 aliphatic rings. The van der Waals surface area contributed by atoms with Crippen LogP contribution in [0.3, 0.4) is 0 Å². The number of halogens is 1. The Morgan fingerprint density at radius 2 is 1.83 bits per heavy atom. The first-order chi connectivity index (χ1) is 16.7. The van der Waals surface area contributed by atoms with Crippen molar-refractivity contribution < 1.29 is 24.2 Å². The average molecular weight is 499 g/mol. The van der Waals surface area contributed by atoms with Gasteiger partial charge in [-0.1, -0.05) is 11.6 Å². The summed E-state index contributed by atoms with van der Waals surface area (Å²) in [6.45, 7) is 4.82. The van der Waals surface area contributed by atoms with E-state index in [2.05, 4.69) is 10.4 Å². The van der Waals surface area contributed by atoms with Gasteiger partial charge in [-0.25, -0.2) is 0 Å². The Balaban J connectivity index is 1.59. The van der Waals surface area contributed by atoms with Gasteiger partial charge in [0.25, 0.3) is 11.8 Å². The van der Waals surface area contributed by atoms with Crippen molar-refractivity contribution in [3.63, 3.8) is 0 Å². The van der Waals surface area contributed by atoms with Gasteiger partial charge in [0.05, 0.1) is 11.1 Å². The minimum Gasteiger partial charge on any atom is -0.488 e. The molecule has 1 aliphatic heterocycles. The second-order valence-corrected chi connectivity index (χ2v) is 8.89. The number of amides is 2. The van der Waals surface area contributed by atoms with Crippen molar-refractivity contribution in [2.75, 3.05) is 18.4 Å². The van der Waals surface area contributed by atoms with Gasteiger partial charge in [0, 0.05) is 49.6 Å². The number of hydrogen-bond acceptors (Lipinski definition) is 6. The van der Waals surface area contributed by atoms with Crippen molar-refractivity contribution in [2.45, 2.75) is 32.5 Å². The van der Waals surface area contributed by atoms with Crippen LogP contribution in [0.5, 0.6) is 17.2 Å². The standard InChI is InChI=1S/C25H27ClN4O5/c1-15(31)16(2)34-19-11-18(24(32)27-23-7-10-29(3)28-23)12-20(14-19)35-22-6-5-17(13-21(22)26)25(33)30-8-4-9-30/h5-7,10-16,31H,4,8-9H2,1-3H3,(H,27,28,32). The van der Waals surface area contributed by atoms with Crippen molar-refractivity contribution in [1.82, 2.24) is 14.7 Å². The molecule has 1 aromatic heterocycles. The molecular weight excluding hydrogens is 472 g/mol. The van der Waals surface area contributed by atoms with Gasteiger partial charge in [-0.2, -0.15) is 5.10 Å². The Morgan fingerprint density at radius 1 is 1.09 bits per heavy atom. The van der Waals surface area contributed by atoms with E-state index in [1.165, 1.54) is 0 Å². The van der Waals surface area contributed by atoms with Gasteiger partial charge in [-0.15, -0.1) is 0 Å². The highest BCUT2D eigenvalue weighted by Crippen LogP contribution is 2.34. The van der Waals surface area contributed by atoms with E-state index in [-0.39, 0.29) is 16.5 Å². The summed E-state index contributed by atoms with van der Waals surface area (Å²) < 4.78 is 13.4. The van der Waals surface area contributed by atoms with Gasteiger partial charge >= 0.3 is 0 Å². The molecule has 184 valence electrons. The van der Waals surface area contributed by atoms with Crippen LogP contribution in [0.25, 0.3) is 0 Å². The molecule has 3 aromatic rings. The zero-order chi connectivity index (χ0) is 25.1. The first kappa shape index (κ1) is 24.6. The van der Waals surface area contributed by atoms with Gasteiger partial charge in [0.15, 0.2) is 5.82 Å². The lowest BCUT2D eigenvalue weighted by atomic mass is 10.1. The lowest BCUT2D eigenvalue weighted by Gasteiger charge is -2.31. The fraction of sp³-hybridized carbons (Fsp3) is 0.320. The smallest absolute Gasteiger partial charge is 0.257 e. The summed E-state index contributed by atoms with van der Waals surface area (Å²) in [4.78, 5) is 27.1. The molecule has 0 radical (unpaired) electrons. The third-order valence-electron chi connectivity index (χ3n) is 5.65. The maximum atomic E-state index is 12.9. The molecule has 2 heterocycles. The molecule has 4 rings (SSSR count). The molecule has 2 aromatic carbocycles. The number of carbonyl (C=O) groups is 2. The average Bonchev–Trinajstić information content (AvgIpc) is 3.18. The lowest BCUT2D eigenvalue weighted by molar-refractivity contribution is 0.0602. The number of likely N-dealkylation sites (tertiary alicyclic amines) is 1. The monoisotopic (exact) mass is 498 g/mol. The summed E-state index contributed by atoms with van der Waals surface area (Å²) in [6.07, 6.45) is 1.47. The molecule has 2 atom stereocenters. The number of rotatable bonds is 8. The third kappa shape index (κ3) is 5.93. The highest BCUT2D eigenvalue weighted by atomic mass is 35.5. The number of nitrogens with zero attached hydrogens (tertiary/aromatic N) is 3. The first-order valence-corrected chi connectivity index (χ1v) is 11.6. The summed E-state index contributed by atoms with van der Waals surface area (Å²) in [5, 5.41) is 17.0. The number of aliphatic hydroxyl groups excluding tert-OH is 1. The zero-order valence-electron chi connectivity index (χ0n) is 19.7. The van der Waals surface area contributed by atoms with E-state index in [9.17, 15) is 14.7 Å². The number of ether oxygens (including phenoxy) is 2. The Bertz CT molecular complexity index is 1240. The Labute approximate surface area is 208 Å². The summed E-state index contributed by atoms with van der Waals surface area (Å²) in [7, 11) is 1.75. The summed E-state index contributed by atoms with van der Waals surface area (Å²) >= 11 is 6.42. The number of benzene rings is 2. The number of aryl methyl sites for hydroxylation is 1. The largest absolute Gasteiger partial charge is 0.488 e. The lowest BCUT2D eigenvalue weighted by Crippen LogP contribution is -2.41. The maximum Gasteiger partial charge on any atom is 0.257 e. The highest BCUT2D eigenvalue weighted by molar-refractivity contribution is 6.32. The number of anilines is 1. The SMILES string of the molecule is CC(O)C(C)Oc1cc(Oc2ccc(C(=O)N3CCC3)cc2Cl)cc(C(=O)Nc2ccn(C)n2)c1. The quantitative estimate of drug-likeness (QED) is 0.484. The van der Waals surface area contributed by atoms with Gasteiger partial charge in [-0.3, -0.25) is 14.3 Å². The topological polar surface area (TPSA) is 106 Å². The fourth-order valence-electron chi connectivity index (χ4n) is 3.36. The number of nitrogens with one attached hydrogen (secondary N) is 1. The van der Waals surface area contributed by atoms with E-state index < -0.39 is 18.1 Å². The molecule has 1 fully saturated rings. The predicted octanol–water partition coefficient (Wildman–Crippen LogP) is 4.11. The molecule has 0 saturated carbocycles. The van der Waals surface area contributed by atoms with Crippen LogP contribution in [0.15, 0.2) is 48.7 Å². The van der Waals surface area contributed by atoms with Gasteiger partial charge < -0.3 is 24.8 Å². The van der Waals surface area contributed by atoms with Crippen molar-refractivity contribution in [1.29, 1.82) is 0 Å². The molecule has 35 heavy (non-hydrogen) atoms. The molecular formula is C25H27ClN4O5. The van der Waals surface area contributed by atoms with E-state index in [4.69, 9.17) is 21.1 Å². The maximum absolute atomic E-state index is 12.9. The van der Waals surface area contributed by atoms with Crippen LogP contribution in [0.2, 0.25) is 5.02 Å². The molecule has 9 nitrogen and oxygen atoms in total. The van der Waals surface area contributed by atoms with Crippen LogP contribution < -0.4 is 14.8 Å². The van der Waals surface area contributed by atoms with Crippen molar-refractivity contribution >= 4 is 29.2 Å². The van der Waals surface area contributed by atoms with Crippen molar-refractivity contribution in [3.8, 4) is 17.2 Å². The third-order valence-corrected chi connectivity index (χ3v) is 5.94. The van der Waals surface area contributed by atoms with Crippen molar-refractivity contribution in [2.24, 2.45) is 7.05 Å². The Kier molecular flexibility index (Phi) is 7.28. The Morgan fingerprint density at radius 3 is 2.43 bits per heavy atom. The van der Waals surface area contributed by atoms with Gasteiger partial charge in [0.1, 0.15) is 23.4 Å². The van der Waals surface area contributed by atoms with Crippen LogP contribution in [-0.4, -0.2) is 56.9 Å². The van der Waals surface area contributed by atoms with Gasteiger partial charge in [-0.05, 0) is 50.6 Å². The van der Waals surface area contributed by atoms with E-state index >= 15 is 0 Å². The van der Waals surface area contributed by atoms with Crippen LogP contribution >= 0.6 is 11.6 Å². The van der Waals surface area contributed by atoms with Crippen molar-refractivity contribution in [3.05, 3.63) is 64.8 Å². The zero-order valence-corrected chi connectivity index (χ0v) is 20.5. The second-order valence-electron chi connectivity index (χ2n) is 8.48.